The number of Topliss-reactive ketones (excluding diaryl/α,β-unsaturated/α-hetero) is 1. The Morgan fingerprint density at radius 3 is 2.52 bits per heavy atom. The smallest absolute Gasteiger partial charge is 0.280 e. The van der Waals surface area contributed by atoms with Crippen molar-refractivity contribution >= 4 is 45.1 Å². The molecule has 0 aromatic heterocycles. The summed E-state index contributed by atoms with van der Waals surface area (Å²) in [6.07, 6.45) is 1.69. The van der Waals surface area contributed by atoms with Crippen LogP contribution in [0.25, 0.3) is 6.08 Å². The first-order valence-corrected chi connectivity index (χ1v) is 8.90. The number of benzene rings is 2. The summed E-state index contributed by atoms with van der Waals surface area (Å²) in [5, 5.41) is 15.6. The molecule has 0 saturated heterocycles. The second-order valence-electron chi connectivity index (χ2n) is 6.02. The zero-order valence-electron chi connectivity index (χ0n) is 15.0. The van der Waals surface area contributed by atoms with Crippen molar-refractivity contribution in [1.29, 1.82) is 0 Å². The topological polar surface area (TPSA) is 79.2 Å². The highest BCUT2D eigenvalue weighted by molar-refractivity contribution is 9.10. The lowest BCUT2D eigenvalue weighted by Crippen LogP contribution is -2.21. The van der Waals surface area contributed by atoms with E-state index in [1.54, 1.807) is 49.4 Å². The van der Waals surface area contributed by atoms with Gasteiger partial charge in [0.05, 0.1) is 28.6 Å². The summed E-state index contributed by atoms with van der Waals surface area (Å²) in [4.78, 5) is 24.2. The van der Waals surface area contributed by atoms with E-state index in [0.717, 1.165) is 0 Å². The Morgan fingerprint density at radius 2 is 1.93 bits per heavy atom. The van der Waals surface area contributed by atoms with Crippen LogP contribution in [0.15, 0.2) is 51.5 Å². The number of aromatic hydroxyl groups is 1. The van der Waals surface area contributed by atoms with E-state index in [4.69, 9.17) is 4.74 Å². The number of phenols is 1. The average Bonchev–Trinajstić information content (AvgIpc) is 2.92. The molecule has 6 nitrogen and oxygen atoms in total. The maximum atomic E-state index is 12.8. The highest BCUT2D eigenvalue weighted by Gasteiger charge is 2.28. The van der Waals surface area contributed by atoms with Crippen LogP contribution in [-0.4, -0.2) is 29.6 Å². The SMILES string of the molecule is COc1cc(C=C2C(=O)N(c3ccc(C(C)=O)cc3)N=C2C)cc(Br)c1O. The van der Waals surface area contributed by atoms with Gasteiger partial charge in [-0.1, -0.05) is 0 Å². The van der Waals surface area contributed by atoms with Crippen LogP contribution in [0.3, 0.4) is 0 Å². The number of anilines is 1. The van der Waals surface area contributed by atoms with Crippen LogP contribution in [0.2, 0.25) is 0 Å². The highest BCUT2D eigenvalue weighted by atomic mass is 79.9. The summed E-state index contributed by atoms with van der Waals surface area (Å²) >= 11 is 3.27. The van der Waals surface area contributed by atoms with Crippen LogP contribution >= 0.6 is 15.9 Å². The molecule has 2 aromatic carbocycles. The van der Waals surface area contributed by atoms with Crippen molar-refractivity contribution in [3.05, 3.63) is 57.6 Å². The number of nitrogens with zero attached hydrogens (tertiary/aromatic N) is 2. The molecular weight excluding hydrogens is 412 g/mol. The monoisotopic (exact) mass is 428 g/mol. The van der Waals surface area contributed by atoms with Crippen molar-refractivity contribution < 1.29 is 19.4 Å². The molecule has 3 rings (SSSR count). The van der Waals surface area contributed by atoms with Gasteiger partial charge in [-0.05, 0) is 77.8 Å². The quantitative estimate of drug-likeness (QED) is 0.585. The van der Waals surface area contributed by atoms with Crippen molar-refractivity contribution in [2.75, 3.05) is 12.1 Å². The number of amides is 1. The number of ether oxygens (including phenoxy) is 1. The van der Waals surface area contributed by atoms with Crippen LogP contribution in [-0.2, 0) is 4.79 Å². The summed E-state index contributed by atoms with van der Waals surface area (Å²) in [6, 6.07) is 10.0. The molecule has 7 heteroatoms. The fourth-order valence-electron chi connectivity index (χ4n) is 2.70. The van der Waals surface area contributed by atoms with Gasteiger partial charge in [0.2, 0.25) is 0 Å². The lowest BCUT2D eigenvalue weighted by Gasteiger charge is -2.12. The minimum absolute atomic E-state index is 0.00465. The first kappa shape index (κ1) is 18.8. The predicted molar refractivity (Wildman–Crippen MR) is 107 cm³/mol. The van der Waals surface area contributed by atoms with Crippen molar-refractivity contribution in [1.82, 2.24) is 0 Å². The van der Waals surface area contributed by atoms with Crippen LogP contribution in [0.1, 0.15) is 29.8 Å². The molecule has 27 heavy (non-hydrogen) atoms. The molecule has 1 aliphatic heterocycles. The fraction of sp³-hybridized carbons (Fsp3) is 0.150. The minimum atomic E-state index is -0.272. The van der Waals surface area contributed by atoms with E-state index in [0.29, 0.717) is 38.3 Å². The van der Waals surface area contributed by atoms with Gasteiger partial charge < -0.3 is 9.84 Å². The van der Waals surface area contributed by atoms with E-state index in [1.165, 1.54) is 19.0 Å². The molecule has 1 aliphatic rings. The van der Waals surface area contributed by atoms with Crippen LogP contribution in [0.5, 0.6) is 11.5 Å². The number of hydrogen-bond donors (Lipinski definition) is 1. The maximum absolute atomic E-state index is 12.8. The molecule has 0 unspecified atom stereocenters. The lowest BCUT2D eigenvalue weighted by atomic mass is 10.1. The van der Waals surface area contributed by atoms with Crippen molar-refractivity contribution in [3.8, 4) is 11.5 Å². The van der Waals surface area contributed by atoms with Gasteiger partial charge in [0, 0.05) is 5.56 Å². The standard InChI is InChI=1S/C20H17BrN2O4/c1-11-16(8-13-9-17(21)19(25)18(10-13)27-3)20(26)23(22-11)15-6-4-14(5-7-15)12(2)24/h4-10,25H,1-3H3. The first-order valence-electron chi connectivity index (χ1n) is 8.11. The summed E-state index contributed by atoms with van der Waals surface area (Å²) < 4.78 is 5.61. The Hall–Kier alpha value is -2.93. The number of methoxy groups -OCH3 is 1. The minimum Gasteiger partial charge on any atom is -0.503 e. The van der Waals surface area contributed by atoms with Crippen molar-refractivity contribution in [3.63, 3.8) is 0 Å². The summed E-state index contributed by atoms with van der Waals surface area (Å²) in [5.74, 6) is -0.0180. The third kappa shape index (κ3) is 3.64. The molecule has 138 valence electrons. The molecule has 0 radical (unpaired) electrons. The number of rotatable bonds is 4. The number of halogens is 1. The Morgan fingerprint density at radius 1 is 1.26 bits per heavy atom. The Labute approximate surface area is 164 Å². The van der Waals surface area contributed by atoms with E-state index >= 15 is 0 Å². The van der Waals surface area contributed by atoms with Gasteiger partial charge in [-0.25, -0.2) is 0 Å². The molecule has 0 spiro atoms. The van der Waals surface area contributed by atoms with Crippen LogP contribution < -0.4 is 9.75 Å². The largest absolute Gasteiger partial charge is 0.503 e. The van der Waals surface area contributed by atoms with E-state index in [2.05, 4.69) is 21.0 Å². The molecule has 1 N–H and O–H groups in total. The van der Waals surface area contributed by atoms with Crippen molar-refractivity contribution in [2.45, 2.75) is 13.8 Å². The first-order chi connectivity index (χ1) is 12.8. The van der Waals surface area contributed by atoms with Gasteiger partial charge in [0.15, 0.2) is 17.3 Å². The van der Waals surface area contributed by atoms with Gasteiger partial charge >= 0.3 is 0 Å². The zero-order valence-corrected chi connectivity index (χ0v) is 16.6. The van der Waals surface area contributed by atoms with E-state index in [1.807, 2.05) is 0 Å². The van der Waals surface area contributed by atoms with Crippen molar-refractivity contribution in [2.24, 2.45) is 5.10 Å². The normalized spacial score (nSPS) is 15.3. The molecular formula is C20H17BrN2O4. The molecule has 1 amide bonds. The molecule has 0 aliphatic carbocycles. The number of phenolic OH excluding ortho intramolecular Hbond substituents is 1. The van der Waals surface area contributed by atoms with Gasteiger partial charge in [0.25, 0.3) is 5.91 Å². The van der Waals surface area contributed by atoms with Crippen LogP contribution in [0, 0.1) is 0 Å². The van der Waals surface area contributed by atoms with E-state index < -0.39 is 0 Å². The third-order valence-electron chi connectivity index (χ3n) is 4.16. The average molecular weight is 429 g/mol. The number of carbonyl (C=O) groups excluding carboxylic acids is 2. The lowest BCUT2D eigenvalue weighted by molar-refractivity contribution is -0.114. The third-order valence-corrected chi connectivity index (χ3v) is 4.77. The number of ketones is 1. The number of hydrogen-bond acceptors (Lipinski definition) is 5. The molecule has 1 heterocycles. The van der Waals surface area contributed by atoms with Gasteiger partial charge in [0.1, 0.15) is 0 Å². The Bertz CT molecular complexity index is 994. The predicted octanol–water partition coefficient (Wildman–Crippen LogP) is 4.17. The number of hydrazone groups is 1. The number of carbonyl (C=O) groups is 2. The molecule has 0 atom stereocenters. The fourth-order valence-corrected chi connectivity index (χ4v) is 3.16. The van der Waals surface area contributed by atoms with E-state index in [9.17, 15) is 14.7 Å². The molecule has 0 bridgehead atoms. The van der Waals surface area contributed by atoms with Crippen LogP contribution in [0.4, 0.5) is 5.69 Å². The summed E-state index contributed by atoms with van der Waals surface area (Å²) in [7, 11) is 1.46. The Balaban J connectivity index is 1.94. The highest BCUT2D eigenvalue weighted by Crippen LogP contribution is 2.36. The van der Waals surface area contributed by atoms with Gasteiger partial charge in [-0.15, -0.1) is 0 Å². The summed E-state index contributed by atoms with van der Waals surface area (Å²) in [6.45, 7) is 3.24. The summed E-state index contributed by atoms with van der Waals surface area (Å²) in [5.41, 5.74) is 2.84. The Kier molecular flexibility index (Phi) is 5.14. The maximum Gasteiger partial charge on any atom is 0.280 e. The second kappa shape index (κ2) is 7.36. The molecule has 2 aromatic rings. The van der Waals surface area contributed by atoms with Gasteiger partial charge in [-0.2, -0.15) is 10.1 Å². The molecule has 0 saturated carbocycles. The zero-order chi connectivity index (χ0) is 19.7. The molecule has 0 fully saturated rings. The van der Waals surface area contributed by atoms with Gasteiger partial charge in [-0.3, -0.25) is 9.59 Å². The van der Waals surface area contributed by atoms with E-state index in [-0.39, 0.29) is 17.4 Å². The second-order valence-corrected chi connectivity index (χ2v) is 6.87.